The standard InChI is InChI=1S/C17H23NO3/c19-16(8-4-7-15-5-2-1-3-6-15)18-11-9-17(10-12-18)20-13-14-21-17/h1-3,5-6H,4,7-14H2. The Hall–Kier alpha value is -1.39. The van der Waals surface area contributed by atoms with Crippen molar-refractivity contribution < 1.29 is 14.3 Å². The highest BCUT2D eigenvalue weighted by Crippen LogP contribution is 2.31. The molecule has 0 saturated carbocycles. The van der Waals surface area contributed by atoms with Crippen LogP contribution in [0.25, 0.3) is 0 Å². The largest absolute Gasteiger partial charge is 0.347 e. The molecule has 0 unspecified atom stereocenters. The summed E-state index contributed by atoms with van der Waals surface area (Å²) in [7, 11) is 0. The minimum absolute atomic E-state index is 0.263. The lowest BCUT2D eigenvalue weighted by molar-refractivity contribution is -0.187. The van der Waals surface area contributed by atoms with Gasteiger partial charge in [-0.05, 0) is 18.4 Å². The molecule has 3 rings (SSSR count). The Morgan fingerprint density at radius 2 is 1.76 bits per heavy atom. The minimum Gasteiger partial charge on any atom is -0.347 e. The molecule has 1 spiro atoms. The van der Waals surface area contributed by atoms with Crippen molar-refractivity contribution >= 4 is 5.91 Å². The molecule has 2 aliphatic rings. The maximum absolute atomic E-state index is 12.2. The molecule has 2 saturated heterocycles. The normalized spacial score (nSPS) is 20.9. The lowest BCUT2D eigenvalue weighted by atomic mass is 10.0. The zero-order valence-electron chi connectivity index (χ0n) is 12.4. The summed E-state index contributed by atoms with van der Waals surface area (Å²) in [5, 5.41) is 0. The highest BCUT2D eigenvalue weighted by atomic mass is 16.7. The third kappa shape index (κ3) is 3.63. The quantitative estimate of drug-likeness (QED) is 0.854. The molecule has 114 valence electrons. The van der Waals surface area contributed by atoms with E-state index < -0.39 is 0 Å². The summed E-state index contributed by atoms with van der Waals surface area (Å²) >= 11 is 0. The number of rotatable bonds is 4. The average Bonchev–Trinajstić information content (AvgIpc) is 2.97. The SMILES string of the molecule is O=C(CCCc1ccccc1)N1CCC2(CC1)OCCO2. The van der Waals surface area contributed by atoms with E-state index in [1.54, 1.807) is 0 Å². The molecule has 0 radical (unpaired) electrons. The number of ether oxygens (including phenoxy) is 2. The summed E-state index contributed by atoms with van der Waals surface area (Å²) in [5.74, 6) is -0.125. The van der Waals surface area contributed by atoms with Crippen LogP contribution < -0.4 is 0 Å². The van der Waals surface area contributed by atoms with Crippen molar-refractivity contribution in [3.63, 3.8) is 0 Å². The predicted octanol–water partition coefficient (Wildman–Crippen LogP) is 2.37. The number of hydrogen-bond donors (Lipinski definition) is 0. The van der Waals surface area contributed by atoms with Gasteiger partial charge in [-0.15, -0.1) is 0 Å². The van der Waals surface area contributed by atoms with Crippen molar-refractivity contribution in [1.29, 1.82) is 0 Å². The molecular weight excluding hydrogens is 266 g/mol. The van der Waals surface area contributed by atoms with Crippen molar-refractivity contribution in [2.24, 2.45) is 0 Å². The number of amides is 1. The van der Waals surface area contributed by atoms with E-state index >= 15 is 0 Å². The topological polar surface area (TPSA) is 38.8 Å². The first-order chi connectivity index (χ1) is 10.3. The lowest BCUT2D eigenvalue weighted by Crippen LogP contribution is -2.47. The zero-order chi connectivity index (χ0) is 14.5. The summed E-state index contributed by atoms with van der Waals surface area (Å²) in [6.45, 7) is 2.88. The van der Waals surface area contributed by atoms with Crippen LogP contribution in [-0.2, 0) is 20.7 Å². The summed E-state index contributed by atoms with van der Waals surface area (Å²) in [5.41, 5.74) is 1.30. The summed E-state index contributed by atoms with van der Waals surface area (Å²) < 4.78 is 11.4. The molecule has 4 heteroatoms. The second kappa shape index (κ2) is 6.58. The fourth-order valence-corrected chi connectivity index (χ4v) is 3.13. The van der Waals surface area contributed by atoms with Gasteiger partial charge in [0.2, 0.25) is 5.91 Å². The summed E-state index contributed by atoms with van der Waals surface area (Å²) in [6.07, 6.45) is 4.12. The number of benzene rings is 1. The molecule has 2 heterocycles. The number of piperidine rings is 1. The Bertz CT molecular complexity index is 458. The van der Waals surface area contributed by atoms with E-state index in [1.807, 2.05) is 23.1 Å². The van der Waals surface area contributed by atoms with E-state index in [-0.39, 0.29) is 11.7 Å². The van der Waals surface area contributed by atoms with Crippen LogP contribution in [0, 0.1) is 0 Å². The van der Waals surface area contributed by atoms with Gasteiger partial charge in [0.15, 0.2) is 5.79 Å². The van der Waals surface area contributed by atoms with Gasteiger partial charge in [-0.3, -0.25) is 4.79 Å². The number of hydrogen-bond acceptors (Lipinski definition) is 3. The van der Waals surface area contributed by atoms with Crippen molar-refractivity contribution in [3.8, 4) is 0 Å². The lowest BCUT2D eigenvalue weighted by Gasteiger charge is -2.37. The van der Waals surface area contributed by atoms with Crippen molar-refractivity contribution in [2.45, 2.75) is 37.9 Å². The van der Waals surface area contributed by atoms with E-state index in [4.69, 9.17) is 9.47 Å². The van der Waals surface area contributed by atoms with Gasteiger partial charge in [0, 0.05) is 32.4 Å². The Kier molecular flexibility index (Phi) is 4.56. The van der Waals surface area contributed by atoms with E-state index in [9.17, 15) is 4.79 Å². The van der Waals surface area contributed by atoms with Crippen LogP contribution in [-0.4, -0.2) is 42.9 Å². The van der Waals surface area contributed by atoms with Gasteiger partial charge in [0.1, 0.15) is 0 Å². The smallest absolute Gasteiger partial charge is 0.222 e. The Morgan fingerprint density at radius 3 is 2.43 bits per heavy atom. The number of likely N-dealkylation sites (tertiary alicyclic amines) is 1. The third-order valence-corrected chi connectivity index (χ3v) is 4.39. The Morgan fingerprint density at radius 1 is 1.10 bits per heavy atom. The molecule has 0 N–H and O–H groups in total. The molecule has 21 heavy (non-hydrogen) atoms. The van der Waals surface area contributed by atoms with Gasteiger partial charge >= 0.3 is 0 Å². The first-order valence-corrected chi connectivity index (χ1v) is 7.87. The molecule has 2 fully saturated rings. The van der Waals surface area contributed by atoms with Gasteiger partial charge < -0.3 is 14.4 Å². The van der Waals surface area contributed by atoms with Crippen LogP contribution in [0.2, 0.25) is 0 Å². The van der Waals surface area contributed by atoms with Crippen molar-refractivity contribution in [1.82, 2.24) is 4.90 Å². The zero-order valence-corrected chi connectivity index (χ0v) is 12.4. The molecule has 1 amide bonds. The van der Waals surface area contributed by atoms with Gasteiger partial charge in [0.05, 0.1) is 13.2 Å². The average molecular weight is 289 g/mol. The van der Waals surface area contributed by atoms with Crippen LogP contribution in [0.1, 0.15) is 31.2 Å². The fourth-order valence-electron chi connectivity index (χ4n) is 3.13. The summed E-state index contributed by atoms with van der Waals surface area (Å²) in [6, 6.07) is 10.3. The molecule has 4 nitrogen and oxygen atoms in total. The van der Waals surface area contributed by atoms with E-state index in [1.165, 1.54) is 5.56 Å². The van der Waals surface area contributed by atoms with Crippen LogP contribution in [0.5, 0.6) is 0 Å². The molecule has 1 aromatic rings. The van der Waals surface area contributed by atoms with E-state index in [2.05, 4.69) is 12.1 Å². The first-order valence-electron chi connectivity index (χ1n) is 7.87. The van der Waals surface area contributed by atoms with E-state index in [0.29, 0.717) is 19.6 Å². The Balaban J connectivity index is 1.40. The van der Waals surface area contributed by atoms with Gasteiger partial charge in [-0.1, -0.05) is 30.3 Å². The molecule has 1 aromatic carbocycles. The number of nitrogens with zero attached hydrogens (tertiary/aromatic N) is 1. The Labute approximate surface area is 126 Å². The van der Waals surface area contributed by atoms with Crippen LogP contribution in [0.4, 0.5) is 0 Å². The van der Waals surface area contributed by atoms with Crippen LogP contribution in [0.3, 0.4) is 0 Å². The summed E-state index contributed by atoms with van der Waals surface area (Å²) in [4.78, 5) is 14.2. The van der Waals surface area contributed by atoms with Gasteiger partial charge in [-0.25, -0.2) is 0 Å². The van der Waals surface area contributed by atoms with Gasteiger partial charge in [-0.2, -0.15) is 0 Å². The number of carbonyl (C=O) groups is 1. The maximum atomic E-state index is 12.2. The third-order valence-electron chi connectivity index (χ3n) is 4.39. The van der Waals surface area contributed by atoms with Crippen LogP contribution >= 0.6 is 0 Å². The van der Waals surface area contributed by atoms with Crippen molar-refractivity contribution in [3.05, 3.63) is 35.9 Å². The van der Waals surface area contributed by atoms with E-state index in [0.717, 1.165) is 38.8 Å². The highest BCUT2D eigenvalue weighted by molar-refractivity contribution is 5.76. The fraction of sp³-hybridized carbons (Fsp3) is 0.588. The van der Waals surface area contributed by atoms with Crippen LogP contribution in [0.15, 0.2) is 30.3 Å². The highest BCUT2D eigenvalue weighted by Gasteiger charge is 2.40. The minimum atomic E-state index is -0.388. The first kappa shape index (κ1) is 14.5. The van der Waals surface area contributed by atoms with Gasteiger partial charge in [0.25, 0.3) is 0 Å². The number of aryl methyl sites for hydroxylation is 1. The second-order valence-electron chi connectivity index (χ2n) is 5.83. The van der Waals surface area contributed by atoms with Crippen molar-refractivity contribution in [2.75, 3.05) is 26.3 Å². The molecule has 0 bridgehead atoms. The molecule has 0 aliphatic carbocycles. The number of carbonyl (C=O) groups excluding carboxylic acids is 1. The second-order valence-corrected chi connectivity index (χ2v) is 5.83. The predicted molar refractivity (Wildman–Crippen MR) is 79.8 cm³/mol. The molecular formula is C17H23NO3. The maximum Gasteiger partial charge on any atom is 0.222 e. The molecule has 2 aliphatic heterocycles. The monoisotopic (exact) mass is 289 g/mol. The molecule has 0 atom stereocenters. The molecule has 0 aromatic heterocycles.